The van der Waals surface area contributed by atoms with Gasteiger partial charge in [0.15, 0.2) is 0 Å². The van der Waals surface area contributed by atoms with E-state index in [1.165, 1.54) is 17.1 Å². The Hall–Kier alpha value is -3.93. The van der Waals surface area contributed by atoms with Crippen molar-refractivity contribution in [1.82, 2.24) is 0 Å². The van der Waals surface area contributed by atoms with Crippen molar-refractivity contribution in [2.45, 2.75) is 13.5 Å². The lowest BCUT2D eigenvalue weighted by atomic mass is 10.1. The molecule has 0 saturated carbocycles. The molecule has 0 bridgehead atoms. The van der Waals surface area contributed by atoms with E-state index in [1.54, 1.807) is 50.4 Å². The number of hydrogen-bond donors (Lipinski definition) is 0. The fraction of sp³-hybridized carbons (Fsp3) is 0.120. The lowest BCUT2D eigenvalue weighted by molar-refractivity contribution is -0.114. The van der Waals surface area contributed by atoms with Gasteiger partial charge in [-0.25, -0.2) is 4.39 Å². The summed E-state index contributed by atoms with van der Waals surface area (Å²) in [5.74, 6) is 0.712. The largest absolute Gasteiger partial charge is 0.497 e. The molecule has 0 fully saturated rings. The first-order valence-electron chi connectivity index (χ1n) is 9.77. The highest BCUT2D eigenvalue weighted by molar-refractivity contribution is 6.32. The molecule has 1 amide bonds. The van der Waals surface area contributed by atoms with E-state index in [4.69, 9.17) is 9.47 Å². The van der Waals surface area contributed by atoms with E-state index in [0.717, 1.165) is 5.56 Å². The molecule has 3 aromatic carbocycles. The summed E-state index contributed by atoms with van der Waals surface area (Å²) in [5.41, 5.74) is 3.31. The molecule has 1 heterocycles. The standard InChI is InChI=1S/C25H21FN2O3/c1-17-23(25(29)28(27-17)21-6-4-3-5-7-21)15-19-14-22(30-2)12-13-24(19)31-16-18-8-10-20(26)11-9-18/h3-15H,16H2,1-2H3. The van der Waals surface area contributed by atoms with Gasteiger partial charge in [-0.2, -0.15) is 10.1 Å². The summed E-state index contributed by atoms with van der Waals surface area (Å²) in [7, 11) is 1.58. The third kappa shape index (κ3) is 4.48. The molecule has 5 nitrogen and oxygen atoms in total. The van der Waals surface area contributed by atoms with Crippen LogP contribution in [0.25, 0.3) is 6.08 Å². The maximum Gasteiger partial charge on any atom is 0.280 e. The van der Waals surface area contributed by atoms with Gasteiger partial charge in [-0.15, -0.1) is 0 Å². The third-order valence-electron chi connectivity index (χ3n) is 4.89. The second-order valence-corrected chi connectivity index (χ2v) is 7.01. The minimum atomic E-state index is -0.295. The third-order valence-corrected chi connectivity index (χ3v) is 4.89. The Labute approximate surface area is 180 Å². The van der Waals surface area contributed by atoms with Gasteiger partial charge in [0.05, 0.1) is 24.1 Å². The van der Waals surface area contributed by atoms with Gasteiger partial charge < -0.3 is 9.47 Å². The number of methoxy groups -OCH3 is 1. The van der Waals surface area contributed by atoms with E-state index in [2.05, 4.69) is 5.10 Å². The van der Waals surface area contributed by atoms with Gasteiger partial charge in [-0.1, -0.05) is 30.3 Å². The van der Waals surface area contributed by atoms with Crippen LogP contribution in [0.2, 0.25) is 0 Å². The number of rotatable bonds is 6. The molecular formula is C25H21FN2O3. The van der Waals surface area contributed by atoms with Crippen LogP contribution in [0.4, 0.5) is 10.1 Å². The van der Waals surface area contributed by atoms with Crippen molar-refractivity contribution in [3.8, 4) is 11.5 Å². The van der Waals surface area contributed by atoms with Crippen LogP contribution in [0, 0.1) is 5.82 Å². The predicted octanol–water partition coefficient (Wildman–Crippen LogP) is 5.22. The summed E-state index contributed by atoms with van der Waals surface area (Å²) in [4.78, 5) is 13.0. The number of anilines is 1. The molecule has 6 heteroatoms. The van der Waals surface area contributed by atoms with Crippen molar-refractivity contribution in [1.29, 1.82) is 0 Å². The number of nitrogens with zero attached hydrogens (tertiary/aromatic N) is 2. The molecule has 4 rings (SSSR count). The molecule has 0 atom stereocenters. The average molecular weight is 416 g/mol. The lowest BCUT2D eigenvalue weighted by Crippen LogP contribution is -2.21. The Balaban J connectivity index is 1.63. The number of carbonyl (C=O) groups excluding carboxylic acids is 1. The van der Waals surface area contributed by atoms with Gasteiger partial charge in [0, 0.05) is 5.56 Å². The lowest BCUT2D eigenvalue weighted by Gasteiger charge is -2.13. The number of amides is 1. The zero-order valence-corrected chi connectivity index (χ0v) is 17.2. The number of para-hydroxylation sites is 1. The van der Waals surface area contributed by atoms with E-state index in [0.29, 0.717) is 34.0 Å². The van der Waals surface area contributed by atoms with E-state index >= 15 is 0 Å². The van der Waals surface area contributed by atoms with Crippen LogP contribution >= 0.6 is 0 Å². The van der Waals surface area contributed by atoms with Crippen LogP contribution in [0.3, 0.4) is 0 Å². The van der Waals surface area contributed by atoms with Crippen molar-refractivity contribution in [2.75, 3.05) is 12.1 Å². The van der Waals surface area contributed by atoms with E-state index in [1.807, 2.05) is 30.3 Å². The van der Waals surface area contributed by atoms with Gasteiger partial charge in [0.2, 0.25) is 0 Å². The molecular weight excluding hydrogens is 395 g/mol. The molecule has 0 aromatic heterocycles. The van der Waals surface area contributed by atoms with Crippen molar-refractivity contribution in [3.05, 3.63) is 95.3 Å². The van der Waals surface area contributed by atoms with E-state index < -0.39 is 0 Å². The second-order valence-electron chi connectivity index (χ2n) is 7.01. The maximum atomic E-state index is 13.1. The molecule has 0 spiro atoms. The molecule has 0 aliphatic carbocycles. The Morgan fingerprint density at radius 3 is 2.48 bits per heavy atom. The Morgan fingerprint density at radius 1 is 1.03 bits per heavy atom. The molecule has 31 heavy (non-hydrogen) atoms. The van der Waals surface area contributed by atoms with Crippen LogP contribution < -0.4 is 14.5 Å². The number of carbonyl (C=O) groups is 1. The quantitative estimate of drug-likeness (QED) is 0.518. The number of hydrogen-bond acceptors (Lipinski definition) is 4. The van der Waals surface area contributed by atoms with Crippen LogP contribution in [-0.4, -0.2) is 18.7 Å². The Kier molecular flexibility index (Phi) is 5.80. The summed E-state index contributed by atoms with van der Waals surface area (Å²) in [5, 5.41) is 5.81. The Morgan fingerprint density at radius 2 is 1.77 bits per heavy atom. The fourth-order valence-electron chi connectivity index (χ4n) is 3.22. The first-order valence-corrected chi connectivity index (χ1v) is 9.77. The number of halogens is 1. The van der Waals surface area contributed by atoms with Crippen LogP contribution in [-0.2, 0) is 11.4 Å². The van der Waals surface area contributed by atoms with Crippen molar-refractivity contribution in [2.24, 2.45) is 5.10 Å². The molecule has 0 N–H and O–H groups in total. The normalized spacial score (nSPS) is 14.7. The van der Waals surface area contributed by atoms with Gasteiger partial charge in [0.25, 0.3) is 5.91 Å². The zero-order valence-electron chi connectivity index (χ0n) is 17.2. The molecule has 0 unspecified atom stereocenters. The van der Waals surface area contributed by atoms with Gasteiger partial charge >= 0.3 is 0 Å². The Bertz CT molecular complexity index is 1160. The molecule has 1 aliphatic rings. The topological polar surface area (TPSA) is 51.1 Å². The van der Waals surface area contributed by atoms with Crippen molar-refractivity contribution < 1.29 is 18.7 Å². The minimum absolute atomic E-state index is 0.212. The van der Waals surface area contributed by atoms with Crippen molar-refractivity contribution >= 4 is 23.4 Å². The highest BCUT2D eigenvalue weighted by Gasteiger charge is 2.29. The molecule has 0 radical (unpaired) electrons. The number of ether oxygens (including phenoxy) is 2. The summed E-state index contributed by atoms with van der Waals surface area (Å²) >= 11 is 0. The molecule has 0 saturated heterocycles. The van der Waals surface area contributed by atoms with Gasteiger partial charge in [-0.3, -0.25) is 4.79 Å². The van der Waals surface area contributed by atoms with Crippen LogP contribution in [0.5, 0.6) is 11.5 Å². The first-order chi connectivity index (χ1) is 15.0. The second kappa shape index (κ2) is 8.83. The maximum absolute atomic E-state index is 13.1. The monoisotopic (exact) mass is 416 g/mol. The summed E-state index contributed by atoms with van der Waals surface area (Å²) < 4.78 is 24.5. The summed E-state index contributed by atoms with van der Waals surface area (Å²) in [6.45, 7) is 2.06. The molecule has 156 valence electrons. The SMILES string of the molecule is COc1ccc(OCc2ccc(F)cc2)c(C=C2C(=O)N(c3ccccc3)N=C2C)c1. The highest BCUT2D eigenvalue weighted by atomic mass is 19.1. The molecule has 1 aliphatic heterocycles. The predicted molar refractivity (Wildman–Crippen MR) is 119 cm³/mol. The molecule has 3 aromatic rings. The zero-order chi connectivity index (χ0) is 21.8. The summed E-state index contributed by atoms with van der Waals surface area (Å²) in [6, 6.07) is 20.8. The van der Waals surface area contributed by atoms with E-state index in [9.17, 15) is 9.18 Å². The van der Waals surface area contributed by atoms with Gasteiger partial charge in [-0.05, 0) is 61.0 Å². The smallest absolute Gasteiger partial charge is 0.280 e. The van der Waals surface area contributed by atoms with E-state index in [-0.39, 0.29) is 18.3 Å². The average Bonchev–Trinajstić information content (AvgIpc) is 3.08. The number of benzene rings is 3. The van der Waals surface area contributed by atoms with Gasteiger partial charge in [0.1, 0.15) is 23.9 Å². The highest BCUT2D eigenvalue weighted by Crippen LogP contribution is 2.30. The van der Waals surface area contributed by atoms with Crippen LogP contribution in [0.1, 0.15) is 18.1 Å². The van der Waals surface area contributed by atoms with Crippen LogP contribution in [0.15, 0.2) is 83.5 Å². The summed E-state index contributed by atoms with van der Waals surface area (Å²) in [6.07, 6.45) is 1.76. The number of hydrazone groups is 1. The first kappa shape index (κ1) is 20.3. The fourth-order valence-corrected chi connectivity index (χ4v) is 3.22. The van der Waals surface area contributed by atoms with Crippen molar-refractivity contribution in [3.63, 3.8) is 0 Å². The minimum Gasteiger partial charge on any atom is -0.497 e.